The molecule has 2 saturated heterocycles. The fraction of sp³-hybridized carbons (Fsp3) is 0.333. The second-order valence-corrected chi connectivity index (χ2v) is 12.7. The zero-order valence-corrected chi connectivity index (χ0v) is 24.8. The van der Waals surface area contributed by atoms with Crippen molar-refractivity contribution in [3.05, 3.63) is 95.1 Å². The van der Waals surface area contributed by atoms with Crippen molar-refractivity contribution in [1.29, 1.82) is 5.26 Å². The van der Waals surface area contributed by atoms with Gasteiger partial charge in [0.05, 0.1) is 16.9 Å². The van der Waals surface area contributed by atoms with E-state index in [1.807, 2.05) is 47.1 Å². The molecule has 0 spiro atoms. The zero-order valence-electron chi connectivity index (χ0n) is 24.0. The molecule has 3 aromatic carbocycles. The normalized spacial score (nSPS) is 16.3. The molecule has 0 aliphatic carbocycles. The van der Waals surface area contributed by atoms with Crippen LogP contribution in [-0.4, -0.2) is 58.5 Å². The van der Waals surface area contributed by atoms with E-state index in [4.69, 9.17) is 5.14 Å². The lowest BCUT2D eigenvalue weighted by molar-refractivity contribution is 0.0745. The molecular weight excluding hydrogens is 546 g/mol. The number of nitrogens with two attached hydrogens (primary N) is 1. The van der Waals surface area contributed by atoms with Gasteiger partial charge >= 0.3 is 0 Å². The monoisotopic (exact) mass is 583 g/mol. The Labute approximate surface area is 248 Å². The van der Waals surface area contributed by atoms with Crippen molar-refractivity contribution in [2.75, 3.05) is 49.1 Å². The summed E-state index contributed by atoms with van der Waals surface area (Å²) in [5.74, 6) is 0.467. The number of primary sulfonamides is 1. The van der Waals surface area contributed by atoms with Gasteiger partial charge in [-0.1, -0.05) is 43.0 Å². The lowest BCUT2D eigenvalue weighted by atomic mass is 9.86. The summed E-state index contributed by atoms with van der Waals surface area (Å²) < 4.78 is 24.2. The van der Waals surface area contributed by atoms with Crippen molar-refractivity contribution in [2.45, 2.75) is 31.1 Å². The van der Waals surface area contributed by atoms with Gasteiger partial charge in [0.15, 0.2) is 0 Å². The van der Waals surface area contributed by atoms with Crippen molar-refractivity contribution in [1.82, 2.24) is 4.90 Å². The number of carbonyl (C=O) groups is 1. The number of carbonyl (C=O) groups excluding carboxylic acids is 1. The van der Waals surface area contributed by atoms with Crippen LogP contribution in [0.25, 0.3) is 6.08 Å². The van der Waals surface area contributed by atoms with Gasteiger partial charge in [-0.15, -0.1) is 0 Å². The van der Waals surface area contributed by atoms with Crippen LogP contribution in [0.1, 0.15) is 45.5 Å². The highest BCUT2D eigenvalue weighted by Crippen LogP contribution is 2.31. The molecule has 5 rings (SSSR count). The van der Waals surface area contributed by atoms with Crippen LogP contribution >= 0.6 is 0 Å². The van der Waals surface area contributed by atoms with Gasteiger partial charge in [-0.25, -0.2) is 13.6 Å². The molecule has 2 fully saturated rings. The summed E-state index contributed by atoms with van der Waals surface area (Å²) in [5, 5.41) is 14.9. The summed E-state index contributed by atoms with van der Waals surface area (Å²) in [4.78, 5) is 20.0. The van der Waals surface area contributed by atoms with Crippen LogP contribution < -0.4 is 14.9 Å². The van der Waals surface area contributed by atoms with E-state index in [0.717, 1.165) is 54.7 Å². The molecule has 42 heavy (non-hydrogen) atoms. The van der Waals surface area contributed by atoms with Gasteiger partial charge in [0.2, 0.25) is 10.0 Å². The molecule has 0 radical (unpaired) electrons. The Balaban J connectivity index is 1.26. The third kappa shape index (κ3) is 6.20. The summed E-state index contributed by atoms with van der Waals surface area (Å²) in [6, 6.07) is 20.9. The maximum atomic E-state index is 13.7. The molecule has 0 saturated carbocycles. The predicted octanol–water partition coefficient (Wildman–Crippen LogP) is 4.58. The van der Waals surface area contributed by atoms with E-state index in [0.29, 0.717) is 48.9 Å². The van der Waals surface area contributed by atoms with E-state index in [1.165, 1.54) is 6.07 Å². The van der Waals surface area contributed by atoms with Crippen LogP contribution in [0.2, 0.25) is 0 Å². The number of nitriles is 1. The number of aryl methyl sites for hydroxylation is 1. The number of piperazine rings is 1. The average Bonchev–Trinajstić information content (AvgIpc) is 3.01. The molecule has 2 aliphatic rings. The largest absolute Gasteiger partial charge is 0.370 e. The number of para-hydroxylation sites is 2. The lowest BCUT2D eigenvalue weighted by Gasteiger charge is -2.37. The second-order valence-electron chi connectivity index (χ2n) is 11.1. The molecule has 2 aliphatic heterocycles. The van der Waals surface area contributed by atoms with E-state index in [2.05, 4.69) is 29.7 Å². The molecule has 0 unspecified atom stereocenters. The van der Waals surface area contributed by atoms with Gasteiger partial charge in [0.25, 0.3) is 5.91 Å². The zero-order chi connectivity index (χ0) is 29.9. The summed E-state index contributed by atoms with van der Waals surface area (Å²) in [6.07, 6.45) is 4.76. The number of nitrogens with zero attached hydrogens (tertiary/aromatic N) is 4. The first kappa shape index (κ1) is 29.4. The smallest absolute Gasteiger partial charge is 0.254 e. The third-order valence-corrected chi connectivity index (χ3v) is 9.46. The highest BCUT2D eigenvalue weighted by atomic mass is 32.2. The van der Waals surface area contributed by atoms with Crippen LogP contribution in [0.15, 0.2) is 72.1 Å². The van der Waals surface area contributed by atoms with E-state index >= 15 is 0 Å². The van der Waals surface area contributed by atoms with Gasteiger partial charge in [-0.3, -0.25) is 4.79 Å². The number of benzene rings is 3. The number of amides is 1. The molecule has 2 N–H and O–H groups in total. The summed E-state index contributed by atoms with van der Waals surface area (Å²) in [5.41, 5.74) is 6.10. The minimum atomic E-state index is -3.85. The number of piperidine rings is 1. The first-order valence-corrected chi connectivity index (χ1v) is 15.9. The van der Waals surface area contributed by atoms with E-state index in [9.17, 15) is 18.5 Å². The van der Waals surface area contributed by atoms with E-state index < -0.39 is 10.0 Å². The molecule has 9 heteroatoms. The van der Waals surface area contributed by atoms with Crippen LogP contribution in [0.5, 0.6) is 0 Å². The number of hydrogen-bond donors (Lipinski definition) is 1. The summed E-state index contributed by atoms with van der Waals surface area (Å²) in [7, 11) is -3.85. The Hall–Kier alpha value is -4.13. The molecule has 0 aromatic heterocycles. The van der Waals surface area contributed by atoms with E-state index in [-0.39, 0.29) is 10.8 Å². The molecule has 8 nitrogen and oxygen atoms in total. The lowest BCUT2D eigenvalue weighted by Crippen LogP contribution is -2.49. The number of sulfonamides is 1. The average molecular weight is 584 g/mol. The Morgan fingerprint density at radius 1 is 0.976 bits per heavy atom. The molecule has 218 valence electrons. The minimum absolute atomic E-state index is 0.00771. The van der Waals surface area contributed by atoms with Gasteiger partial charge < -0.3 is 14.7 Å². The van der Waals surface area contributed by atoms with Gasteiger partial charge in [-0.2, -0.15) is 5.26 Å². The molecule has 0 bridgehead atoms. The molecule has 2 heterocycles. The van der Waals surface area contributed by atoms with Crippen molar-refractivity contribution in [2.24, 2.45) is 11.1 Å². The molecule has 3 aromatic rings. The van der Waals surface area contributed by atoms with E-state index in [1.54, 1.807) is 18.2 Å². The van der Waals surface area contributed by atoms with Crippen molar-refractivity contribution in [3.8, 4) is 6.07 Å². The Bertz CT molecular complexity index is 1630. The maximum Gasteiger partial charge on any atom is 0.254 e. The van der Waals surface area contributed by atoms with Crippen LogP contribution in [0.3, 0.4) is 0 Å². The molecule has 1 amide bonds. The predicted molar refractivity (Wildman–Crippen MR) is 167 cm³/mol. The first-order chi connectivity index (χ1) is 20.2. The fourth-order valence-electron chi connectivity index (χ4n) is 6.19. The van der Waals surface area contributed by atoms with Crippen molar-refractivity contribution in [3.63, 3.8) is 0 Å². The summed E-state index contributed by atoms with van der Waals surface area (Å²) in [6.45, 7) is 9.78. The van der Waals surface area contributed by atoms with Gasteiger partial charge in [-0.05, 0) is 79.1 Å². The third-order valence-electron chi connectivity index (χ3n) is 8.50. The van der Waals surface area contributed by atoms with Crippen molar-refractivity contribution >= 4 is 33.4 Å². The van der Waals surface area contributed by atoms with Crippen LogP contribution in [-0.2, 0) is 16.4 Å². The molecular formula is C33H37N5O3S. The number of hydrogen-bond acceptors (Lipinski definition) is 6. The highest BCUT2D eigenvalue weighted by Gasteiger charge is 2.27. The highest BCUT2D eigenvalue weighted by molar-refractivity contribution is 7.89. The maximum absolute atomic E-state index is 13.7. The molecule has 0 atom stereocenters. The Kier molecular flexibility index (Phi) is 8.66. The SMILES string of the molecule is C=Cc1cc(C)c(C(=O)N2CCN(c3ccccc3S(N)(=O)=O)CC2)cc1CC1CCN(c2ccccc2C#N)CC1. The van der Waals surface area contributed by atoms with Gasteiger partial charge in [0, 0.05) is 44.8 Å². The first-order valence-electron chi connectivity index (χ1n) is 14.4. The quantitative estimate of drug-likeness (QED) is 0.436. The Morgan fingerprint density at radius 3 is 2.24 bits per heavy atom. The standard InChI is InChI=1S/C33H37N5O3S/c1-3-26-20-24(2)29(22-28(26)21-25-12-14-36(15-13-25)30-9-5-4-8-27(30)23-34)33(39)38-18-16-37(17-19-38)31-10-6-7-11-32(31)42(35,40)41/h3-11,20,22,25H,1,12-19,21H2,2H3,(H2,35,40,41). The van der Waals surface area contributed by atoms with Crippen LogP contribution in [0.4, 0.5) is 11.4 Å². The minimum Gasteiger partial charge on any atom is -0.370 e. The number of anilines is 2. The topological polar surface area (TPSA) is 111 Å². The van der Waals surface area contributed by atoms with Crippen molar-refractivity contribution < 1.29 is 13.2 Å². The Morgan fingerprint density at radius 2 is 1.60 bits per heavy atom. The number of rotatable bonds is 7. The van der Waals surface area contributed by atoms with Gasteiger partial charge in [0.1, 0.15) is 11.0 Å². The fourth-order valence-corrected chi connectivity index (χ4v) is 6.94. The second kappa shape index (κ2) is 12.4. The summed E-state index contributed by atoms with van der Waals surface area (Å²) >= 11 is 0. The van der Waals surface area contributed by atoms with Crippen LogP contribution in [0, 0.1) is 24.2 Å².